The topological polar surface area (TPSA) is 58.4 Å². The average Bonchev–Trinajstić information content (AvgIpc) is 3.21. The molecule has 1 atom stereocenters. The van der Waals surface area contributed by atoms with Crippen LogP contribution in [0.4, 0.5) is 5.13 Å². The summed E-state index contributed by atoms with van der Waals surface area (Å²) in [7, 11) is 2.14. The fraction of sp³-hybridized carbons (Fsp3) is 0.250. The number of nitrogens with zero attached hydrogens (tertiary/aromatic N) is 5. The molecule has 3 heterocycles. The van der Waals surface area contributed by atoms with Crippen LogP contribution < -0.4 is 5.32 Å². The van der Waals surface area contributed by atoms with Crippen molar-refractivity contribution in [1.29, 1.82) is 0 Å². The minimum absolute atomic E-state index is 0.285. The number of pyridine rings is 1. The van der Waals surface area contributed by atoms with E-state index in [1.54, 1.807) is 17.5 Å². The van der Waals surface area contributed by atoms with Crippen molar-refractivity contribution in [2.75, 3.05) is 18.9 Å². The third kappa shape index (κ3) is 4.32. The molecule has 0 bridgehead atoms. The highest BCUT2D eigenvalue weighted by atomic mass is 32.1. The van der Waals surface area contributed by atoms with Crippen molar-refractivity contribution in [1.82, 2.24) is 24.5 Å². The molecule has 0 radical (unpaired) electrons. The Bertz CT molecular complexity index is 964. The van der Waals surface area contributed by atoms with Gasteiger partial charge >= 0.3 is 0 Å². The van der Waals surface area contributed by atoms with E-state index in [0.717, 1.165) is 34.4 Å². The highest BCUT2D eigenvalue weighted by Crippen LogP contribution is 2.24. The number of benzene rings is 1. The normalized spacial score (nSPS) is 12.6. The molecule has 0 aliphatic rings. The predicted octanol–water partition coefficient (Wildman–Crippen LogP) is 3.79. The molecule has 138 valence electrons. The second-order valence-electron chi connectivity index (χ2n) is 6.73. The Morgan fingerprint density at radius 2 is 2.04 bits per heavy atom. The molecule has 0 aliphatic heterocycles. The molecule has 7 heteroatoms. The summed E-state index contributed by atoms with van der Waals surface area (Å²) in [4.78, 5) is 12.0. The highest BCUT2D eigenvalue weighted by Gasteiger charge is 2.13. The zero-order valence-electron chi connectivity index (χ0n) is 15.4. The van der Waals surface area contributed by atoms with E-state index >= 15 is 0 Å². The number of rotatable bonds is 7. The van der Waals surface area contributed by atoms with Crippen molar-refractivity contribution < 1.29 is 0 Å². The van der Waals surface area contributed by atoms with Gasteiger partial charge in [0, 0.05) is 37.1 Å². The summed E-state index contributed by atoms with van der Waals surface area (Å²) in [6.07, 6.45) is 5.52. The molecule has 27 heavy (non-hydrogen) atoms. The second-order valence-corrected chi connectivity index (χ2v) is 7.69. The van der Waals surface area contributed by atoms with Crippen LogP contribution in [-0.2, 0) is 6.54 Å². The average molecular weight is 379 g/mol. The largest absolute Gasteiger partial charge is 0.356 e. The third-order valence-corrected chi connectivity index (χ3v) is 5.10. The molecule has 0 spiro atoms. The number of imidazole rings is 1. The van der Waals surface area contributed by atoms with Gasteiger partial charge in [-0.25, -0.2) is 9.50 Å². The van der Waals surface area contributed by atoms with Crippen LogP contribution in [-0.4, -0.2) is 44.1 Å². The standard InChI is InChI=1S/C20H22N6S/c1-15(12-25(2)13-16-7-4-3-5-8-16)22-19-24-26-14-18(23-20(26)27-19)17-9-6-10-21-11-17/h3-11,14-15H,12-13H2,1-2H3,(H,22,24). The van der Waals surface area contributed by atoms with Crippen LogP contribution in [0.15, 0.2) is 61.1 Å². The molecule has 0 saturated heterocycles. The van der Waals surface area contributed by atoms with E-state index in [9.17, 15) is 0 Å². The molecule has 4 rings (SSSR count). The molecule has 1 aromatic carbocycles. The first-order valence-corrected chi connectivity index (χ1v) is 9.74. The first-order chi connectivity index (χ1) is 13.2. The molecule has 0 fully saturated rings. The minimum atomic E-state index is 0.285. The predicted molar refractivity (Wildman–Crippen MR) is 110 cm³/mol. The van der Waals surface area contributed by atoms with E-state index in [-0.39, 0.29) is 6.04 Å². The zero-order valence-corrected chi connectivity index (χ0v) is 16.2. The summed E-state index contributed by atoms with van der Waals surface area (Å²) >= 11 is 1.56. The Balaban J connectivity index is 1.37. The van der Waals surface area contributed by atoms with E-state index in [1.807, 2.05) is 35.1 Å². The van der Waals surface area contributed by atoms with E-state index in [0.29, 0.717) is 0 Å². The van der Waals surface area contributed by atoms with Crippen LogP contribution in [0.1, 0.15) is 12.5 Å². The van der Waals surface area contributed by atoms with E-state index in [1.165, 1.54) is 5.56 Å². The number of hydrogen-bond acceptors (Lipinski definition) is 6. The van der Waals surface area contributed by atoms with Gasteiger partial charge < -0.3 is 10.2 Å². The van der Waals surface area contributed by atoms with Crippen LogP contribution in [0.3, 0.4) is 0 Å². The molecule has 0 aliphatic carbocycles. The second kappa shape index (κ2) is 7.85. The summed E-state index contributed by atoms with van der Waals surface area (Å²) in [5.41, 5.74) is 3.22. The van der Waals surface area contributed by atoms with Crippen molar-refractivity contribution in [3.8, 4) is 11.3 Å². The molecule has 0 amide bonds. The van der Waals surface area contributed by atoms with Gasteiger partial charge in [-0.3, -0.25) is 4.98 Å². The summed E-state index contributed by atoms with van der Waals surface area (Å²) in [5, 5.41) is 8.98. The number of hydrogen-bond donors (Lipinski definition) is 1. The number of nitrogens with one attached hydrogen (secondary N) is 1. The van der Waals surface area contributed by atoms with Crippen molar-refractivity contribution >= 4 is 21.4 Å². The number of likely N-dealkylation sites (N-methyl/N-ethyl adjacent to an activating group) is 1. The van der Waals surface area contributed by atoms with Crippen LogP contribution in [0.25, 0.3) is 16.2 Å². The lowest BCUT2D eigenvalue weighted by molar-refractivity contribution is 0.316. The Morgan fingerprint density at radius 3 is 2.78 bits per heavy atom. The van der Waals surface area contributed by atoms with Gasteiger partial charge in [0.1, 0.15) is 0 Å². The Hall–Kier alpha value is -2.77. The van der Waals surface area contributed by atoms with E-state index in [4.69, 9.17) is 0 Å². The van der Waals surface area contributed by atoms with E-state index < -0.39 is 0 Å². The maximum atomic E-state index is 4.66. The van der Waals surface area contributed by atoms with Gasteiger partial charge in [0.05, 0.1) is 11.9 Å². The summed E-state index contributed by atoms with van der Waals surface area (Å²) in [5.74, 6) is 0. The maximum Gasteiger partial charge on any atom is 0.214 e. The minimum Gasteiger partial charge on any atom is -0.356 e. The third-order valence-electron chi connectivity index (χ3n) is 4.25. The smallest absolute Gasteiger partial charge is 0.214 e. The molecular weight excluding hydrogens is 356 g/mol. The van der Waals surface area contributed by atoms with Crippen LogP contribution in [0, 0.1) is 0 Å². The molecule has 3 aromatic heterocycles. The van der Waals surface area contributed by atoms with E-state index in [2.05, 4.69) is 63.5 Å². The highest BCUT2D eigenvalue weighted by molar-refractivity contribution is 7.20. The van der Waals surface area contributed by atoms with Gasteiger partial charge in [-0.15, -0.1) is 5.10 Å². The lowest BCUT2D eigenvalue weighted by Gasteiger charge is -2.21. The number of fused-ring (bicyclic) bond motifs is 1. The van der Waals surface area contributed by atoms with Gasteiger partial charge in [0.25, 0.3) is 0 Å². The molecule has 4 aromatic rings. The monoisotopic (exact) mass is 378 g/mol. The number of anilines is 1. The van der Waals surface area contributed by atoms with Gasteiger partial charge in [-0.05, 0) is 31.7 Å². The number of aromatic nitrogens is 4. The summed E-state index contributed by atoms with van der Waals surface area (Å²) < 4.78 is 1.83. The van der Waals surface area contributed by atoms with Crippen LogP contribution in [0.5, 0.6) is 0 Å². The molecule has 1 N–H and O–H groups in total. The van der Waals surface area contributed by atoms with Crippen molar-refractivity contribution in [3.63, 3.8) is 0 Å². The maximum absolute atomic E-state index is 4.66. The lowest BCUT2D eigenvalue weighted by Crippen LogP contribution is -2.31. The molecule has 1 unspecified atom stereocenters. The first kappa shape index (κ1) is 17.6. The van der Waals surface area contributed by atoms with Gasteiger partial charge in [-0.1, -0.05) is 41.7 Å². The SMILES string of the molecule is CC(CN(C)Cc1ccccc1)Nc1nn2cc(-c3cccnc3)nc2s1. The Morgan fingerprint density at radius 1 is 1.19 bits per heavy atom. The summed E-state index contributed by atoms with van der Waals surface area (Å²) in [6.45, 7) is 4.03. The first-order valence-electron chi connectivity index (χ1n) is 8.93. The quantitative estimate of drug-likeness (QED) is 0.530. The van der Waals surface area contributed by atoms with Crippen molar-refractivity contribution in [2.45, 2.75) is 19.5 Å². The lowest BCUT2D eigenvalue weighted by atomic mass is 10.2. The van der Waals surface area contributed by atoms with Crippen molar-refractivity contribution in [2.24, 2.45) is 0 Å². The van der Waals surface area contributed by atoms with Gasteiger partial charge in [-0.2, -0.15) is 0 Å². The van der Waals surface area contributed by atoms with Crippen LogP contribution >= 0.6 is 11.3 Å². The van der Waals surface area contributed by atoms with Crippen molar-refractivity contribution in [3.05, 3.63) is 66.6 Å². The van der Waals surface area contributed by atoms with Gasteiger partial charge in [0.2, 0.25) is 10.1 Å². The van der Waals surface area contributed by atoms with Gasteiger partial charge in [0.15, 0.2) is 0 Å². The molecular formula is C20H22N6S. The fourth-order valence-corrected chi connectivity index (χ4v) is 3.99. The molecule has 0 saturated carbocycles. The Kier molecular flexibility index (Phi) is 5.13. The molecule has 6 nitrogen and oxygen atoms in total. The Labute approximate surface area is 162 Å². The van der Waals surface area contributed by atoms with Crippen LogP contribution in [0.2, 0.25) is 0 Å². The summed E-state index contributed by atoms with van der Waals surface area (Å²) in [6, 6.07) is 14.7. The zero-order chi connectivity index (χ0) is 18.6. The fourth-order valence-electron chi connectivity index (χ4n) is 3.10.